The summed E-state index contributed by atoms with van der Waals surface area (Å²) in [6.07, 6.45) is 0.298. The van der Waals surface area contributed by atoms with Crippen molar-refractivity contribution in [2.75, 3.05) is 38.3 Å². The van der Waals surface area contributed by atoms with Gasteiger partial charge in [-0.1, -0.05) is 13.0 Å². The second-order valence-electron chi connectivity index (χ2n) is 9.75. The van der Waals surface area contributed by atoms with Crippen molar-refractivity contribution in [3.05, 3.63) is 50.1 Å². The Labute approximate surface area is 228 Å². The third kappa shape index (κ3) is 6.45. The average Bonchev–Trinajstić information content (AvgIpc) is 3.38. The number of carbonyl (C=O) groups excluding carboxylic acids is 2. The van der Waals surface area contributed by atoms with Crippen LogP contribution in [0, 0.1) is 0 Å². The number of rotatable bonds is 10. The lowest BCUT2D eigenvalue weighted by molar-refractivity contribution is -0.143. The van der Waals surface area contributed by atoms with Gasteiger partial charge in [-0.3, -0.25) is 9.59 Å². The summed E-state index contributed by atoms with van der Waals surface area (Å²) in [4.78, 5) is 27.5. The zero-order valence-corrected chi connectivity index (χ0v) is 24.7. The first-order valence-electron chi connectivity index (χ1n) is 12.0. The number of morpholine rings is 1. The number of ether oxygens (including phenoxy) is 2. The van der Waals surface area contributed by atoms with Gasteiger partial charge in [-0.05, 0) is 82.7 Å². The normalized spacial score (nSPS) is 16.9. The minimum Gasteiger partial charge on any atom is -0.469 e. The van der Waals surface area contributed by atoms with Gasteiger partial charge < -0.3 is 14.4 Å². The molecular weight excluding hydrogens is 564 g/mol. The number of nitrogens with one attached hydrogen (secondary N) is 1. The van der Waals surface area contributed by atoms with Crippen LogP contribution in [0.25, 0.3) is 0 Å². The first kappa shape index (κ1) is 29.0. The molecule has 0 radical (unpaired) electrons. The molecule has 3 rings (SSSR count). The summed E-state index contributed by atoms with van der Waals surface area (Å²) >= 11 is 5.37. The fourth-order valence-electron chi connectivity index (χ4n) is 4.32. The molecular formula is C26H35BrN2O5S2. The van der Waals surface area contributed by atoms with Crippen molar-refractivity contribution in [1.29, 1.82) is 0 Å². The highest BCUT2D eigenvalue weighted by atomic mass is 79.9. The molecule has 1 aliphatic heterocycles. The number of halogens is 1. The Kier molecular flexibility index (Phi) is 9.90. The topological polar surface area (TPSA) is 84.9 Å². The molecule has 10 heteroatoms. The Morgan fingerprint density at radius 2 is 1.92 bits per heavy atom. The fourth-order valence-corrected chi connectivity index (χ4v) is 6.85. The van der Waals surface area contributed by atoms with E-state index in [9.17, 15) is 13.8 Å². The van der Waals surface area contributed by atoms with Crippen LogP contribution < -0.4 is 9.62 Å². The van der Waals surface area contributed by atoms with E-state index in [1.165, 1.54) is 18.4 Å². The Balaban J connectivity index is 2.22. The SMILES string of the molecule is CCc1c(C(CC(=O)CC(=O)OC)(NS(=O)C(C)(C)C)c2ccsc2)ccc(N2CCOCC2)c1Br. The van der Waals surface area contributed by atoms with E-state index in [-0.39, 0.29) is 18.6 Å². The highest BCUT2D eigenvalue weighted by Crippen LogP contribution is 2.43. The Morgan fingerprint density at radius 1 is 1.22 bits per heavy atom. The maximum absolute atomic E-state index is 13.6. The van der Waals surface area contributed by atoms with E-state index in [4.69, 9.17) is 9.47 Å². The minimum atomic E-state index is -1.51. The predicted molar refractivity (Wildman–Crippen MR) is 149 cm³/mol. The maximum atomic E-state index is 13.6. The van der Waals surface area contributed by atoms with Crippen molar-refractivity contribution in [2.45, 2.75) is 57.2 Å². The van der Waals surface area contributed by atoms with Gasteiger partial charge in [-0.25, -0.2) is 8.93 Å². The molecule has 2 aromatic rings. The lowest BCUT2D eigenvalue weighted by Crippen LogP contribution is -2.50. The molecule has 2 atom stereocenters. The number of thiophene rings is 1. The number of anilines is 1. The largest absolute Gasteiger partial charge is 0.469 e. The van der Waals surface area contributed by atoms with Gasteiger partial charge in [0.1, 0.15) is 12.2 Å². The van der Waals surface area contributed by atoms with E-state index >= 15 is 0 Å². The van der Waals surface area contributed by atoms with Gasteiger partial charge in [0.2, 0.25) is 0 Å². The van der Waals surface area contributed by atoms with Crippen LogP contribution in [0.15, 0.2) is 33.4 Å². The van der Waals surface area contributed by atoms with Gasteiger partial charge in [0.25, 0.3) is 0 Å². The van der Waals surface area contributed by atoms with E-state index in [1.54, 1.807) is 0 Å². The zero-order valence-electron chi connectivity index (χ0n) is 21.5. The van der Waals surface area contributed by atoms with Crippen molar-refractivity contribution < 1.29 is 23.3 Å². The molecule has 2 heterocycles. The van der Waals surface area contributed by atoms with Crippen LogP contribution in [-0.2, 0) is 42.0 Å². The van der Waals surface area contributed by atoms with Crippen LogP contribution in [0.2, 0.25) is 0 Å². The monoisotopic (exact) mass is 598 g/mol. The summed E-state index contributed by atoms with van der Waals surface area (Å²) < 4.78 is 27.6. The van der Waals surface area contributed by atoms with Crippen LogP contribution >= 0.6 is 27.3 Å². The first-order chi connectivity index (χ1) is 17.0. The van der Waals surface area contributed by atoms with E-state index in [0.717, 1.165) is 39.9 Å². The molecule has 0 amide bonds. The quantitative estimate of drug-likeness (QED) is 0.314. The summed E-state index contributed by atoms with van der Waals surface area (Å²) in [7, 11) is -0.236. The molecule has 0 aliphatic carbocycles. The maximum Gasteiger partial charge on any atom is 0.313 e. The summed E-state index contributed by atoms with van der Waals surface area (Å²) in [6, 6.07) is 6.04. The number of Topliss-reactive ketones (excluding diaryl/α,β-unsaturated/α-hetero) is 1. The van der Waals surface area contributed by atoms with E-state index in [2.05, 4.69) is 38.5 Å². The fraction of sp³-hybridized carbons (Fsp3) is 0.538. The van der Waals surface area contributed by atoms with Crippen LogP contribution in [-0.4, -0.2) is 54.1 Å². The first-order valence-corrected chi connectivity index (χ1v) is 14.9. The molecule has 1 fully saturated rings. The van der Waals surface area contributed by atoms with Crippen LogP contribution in [0.4, 0.5) is 5.69 Å². The lowest BCUT2D eigenvalue weighted by Gasteiger charge is -2.39. The van der Waals surface area contributed by atoms with Gasteiger partial charge in [-0.2, -0.15) is 11.3 Å². The summed E-state index contributed by atoms with van der Waals surface area (Å²) in [5, 5.41) is 3.92. The molecule has 2 unspecified atom stereocenters. The van der Waals surface area contributed by atoms with Crippen molar-refractivity contribution in [3.63, 3.8) is 0 Å². The third-order valence-corrected chi connectivity index (χ3v) is 9.47. The molecule has 1 saturated heterocycles. The highest BCUT2D eigenvalue weighted by Gasteiger charge is 2.42. The summed E-state index contributed by atoms with van der Waals surface area (Å²) in [5.41, 5.74) is 2.69. The lowest BCUT2D eigenvalue weighted by atomic mass is 9.77. The second kappa shape index (κ2) is 12.3. The number of hydrogen-bond acceptors (Lipinski definition) is 7. The molecule has 0 saturated carbocycles. The standard InChI is InChI=1S/C26H35BrN2O5S2/c1-6-20-21(7-8-22(24(20)27)29-10-12-34-13-11-29)26(18-9-14-35-17-18,28-36(32)25(2,3)4)16-19(30)15-23(31)33-5/h7-9,14,17,28H,6,10-13,15-16H2,1-5H3. The van der Waals surface area contributed by atoms with Crippen LogP contribution in [0.5, 0.6) is 0 Å². The molecule has 7 nitrogen and oxygen atoms in total. The molecule has 0 bridgehead atoms. The van der Waals surface area contributed by atoms with Crippen molar-refractivity contribution >= 4 is 55.7 Å². The molecule has 1 aliphatic rings. The Bertz CT molecular complexity index is 1090. The van der Waals surface area contributed by atoms with Crippen molar-refractivity contribution in [2.24, 2.45) is 0 Å². The van der Waals surface area contributed by atoms with Crippen molar-refractivity contribution in [1.82, 2.24) is 4.72 Å². The van der Waals surface area contributed by atoms with E-state index in [1.807, 2.05) is 43.7 Å². The molecule has 36 heavy (non-hydrogen) atoms. The molecule has 198 valence electrons. The Hall–Kier alpha value is -1.59. The van der Waals surface area contributed by atoms with Crippen LogP contribution in [0.3, 0.4) is 0 Å². The van der Waals surface area contributed by atoms with Gasteiger partial charge in [-0.15, -0.1) is 0 Å². The van der Waals surface area contributed by atoms with Gasteiger partial charge in [0.15, 0.2) is 0 Å². The molecule has 1 aromatic carbocycles. The van der Waals surface area contributed by atoms with E-state index in [0.29, 0.717) is 19.6 Å². The number of methoxy groups -OCH3 is 1. The van der Waals surface area contributed by atoms with Gasteiger partial charge in [0, 0.05) is 24.0 Å². The second-order valence-corrected chi connectivity index (χ2v) is 13.3. The number of nitrogens with zero attached hydrogens (tertiary/aromatic N) is 1. The average molecular weight is 600 g/mol. The number of ketones is 1. The minimum absolute atomic E-state index is 0.0446. The van der Waals surface area contributed by atoms with Gasteiger partial charge >= 0.3 is 5.97 Å². The Morgan fingerprint density at radius 3 is 2.47 bits per heavy atom. The number of benzene rings is 1. The van der Waals surface area contributed by atoms with Crippen LogP contribution in [0.1, 0.15) is 57.2 Å². The van der Waals surface area contributed by atoms with E-state index < -0.39 is 27.2 Å². The molecule has 1 N–H and O–H groups in total. The zero-order chi connectivity index (χ0) is 26.5. The summed E-state index contributed by atoms with van der Waals surface area (Å²) in [5.74, 6) is -0.877. The summed E-state index contributed by atoms with van der Waals surface area (Å²) in [6.45, 7) is 10.7. The highest BCUT2D eigenvalue weighted by molar-refractivity contribution is 9.10. The van der Waals surface area contributed by atoms with Crippen molar-refractivity contribution in [3.8, 4) is 0 Å². The number of hydrogen-bond donors (Lipinski definition) is 1. The third-order valence-electron chi connectivity index (χ3n) is 6.26. The number of carbonyl (C=O) groups is 2. The predicted octanol–water partition coefficient (Wildman–Crippen LogP) is 4.73. The number of esters is 1. The molecule has 0 spiro atoms. The van der Waals surface area contributed by atoms with Gasteiger partial charge in [0.05, 0.1) is 47.3 Å². The molecule has 1 aromatic heterocycles. The smallest absolute Gasteiger partial charge is 0.313 e.